The number of benzene rings is 1. The molecule has 1 aromatic carbocycles. The van der Waals surface area contributed by atoms with Crippen LogP contribution in [0.2, 0.25) is 0 Å². The van der Waals surface area contributed by atoms with E-state index in [4.69, 9.17) is 0 Å². The Bertz CT molecular complexity index is 466. The monoisotopic (exact) mass is 255 g/mol. The van der Waals surface area contributed by atoms with Gasteiger partial charge in [-0.25, -0.2) is 13.1 Å². The highest BCUT2D eigenvalue weighted by molar-refractivity contribution is 7.88. The summed E-state index contributed by atoms with van der Waals surface area (Å²) in [5.41, 5.74) is 1.87. The minimum absolute atomic E-state index is 0.0379. The quantitative estimate of drug-likeness (QED) is 0.878. The fraction of sp³-hybridized carbons (Fsp3) is 0.538. The van der Waals surface area contributed by atoms with Gasteiger partial charge < -0.3 is 0 Å². The van der Waals surface area contributed by atoms with E-state index < -0.39 is 10.0 Å². The second kappa shape index (κ2) is 5.65. The van der Waals surface area contributed by atoms with E-state index in [0.717, 1.165) is 11.1 Å². The predicted octanol–water partition coefficient (Wildman–Crippen LogP) is 2.46. The van der Waals surface area contributed by atoms with Gasteiger partial charge in [-0.15, -0.1) is 0 Å². The molecule has 0 aromatic heterocycles. The Morgan fingerprint density at radius 2 is 1.76 bits per heavy atom. The van der Waals surface area contributed by atoms with Crippen molar-refractivity contribution in [3.8, 4) is 0 Å². The molecule has 0 unspecified atom stereocenters. The van der Waals surface area contributed by atoms with Crippen LogP contribution < -0.4 is 4.72 Å². The summed E-state index contributed by atoms with van der Waals surface area (Å²) in [7, 11) is -3.25. The summed E-state index contributed by atoms with van der Waals surface area (Å²) in [5.74, 6) is 0.346. The molecule has 0 bridgehead atoms. The second-order valence-electron chi connectivity index (χ2n) is 4.84. The first-order valence-corrected chi connectivity index (χ1v) is 7.51. The molecule has 17 heavy (non-hydrogen) atoms. The molecule has 1 aromatic rings. The summed E-state index contributed by atoms with van der Waals surface area (Å²) in [6.07, 6.45) is 0. The van der Waals surface area contributed by atoms with Crippen molar-refractivity contribution in [1.82, 2.24) is 4.72 Å². The van der Waals surface area contributed by atoms with Gasteiger partial charge in [0.05, 0.1) is 5.75 Å². The smallest absolute Gasteiger partial charge is 0.212 e. The average Bonchev–Trinajstić information content (AvgIpc) is 2.20. The van der Waals surface area contributed by atoms with Crippen LogP contribution in [0.25, 0.3) is 0 Å². The van der Waals surface area contributed by atoms with E-state index in [1.54, 1.807) is 0 Å². The van der Waals surface area contributed by atoms with Gasteiger partial charge in [0, 0.05) is 6.04 Å². The lowest BCUT2D eigenvalue weighted by molar-refractivity contribution is 0.476. The van der Waals surface area contributed by atoms with Gasteiger partial charge in [-0.3, -0.25) is 0 Å². The van der Waals surface area contributed by atoms with E-state index in [0.29, 0.717) is 5.92 Å². The zero-order valence-corrected chi connectivity index (χ0v) is 11.7. The Hall–Kier alpha value is -0.870. The molecule has 0 heterocycles. The van der Waals surface area contributed by atoms with Crippen molar-refractivity contribution in [2.24, 2.45) is 5.92 Å². The van der Waals surface area contributed by atoms with Crippen molar-refractivity contribution in [2.75, 3.05) is 0 Å². The maximum absolute atomic E-state index is 12.0. The van der Waals surface area contributed by atoms with Crippen LogP contribution in [-0.4, -0.2) is 14.5 Å². The molecule has 96 valence electrons. The second-order valence-corrected chi connectivity index (χ2v) is 6.59. The first-order valence-electron chi connectivity index (χ1n) is 5.86. The van der Waals surface area contributed by atoms with Crippen molar-refractivity contribution in [1.29, 1.82) is 0 Å². The molecule has 0 spiro atoms. The zero-order chi connectivity index (χ0) is 13.1. The van der Waals surface area contributed by atoms with Crippen molar-refractivity contribution in [3.05, 3.63) is 35.4 Å². The molecule has 4 heteroatoms. The lowest BCUT2D eigenvalue weighted by Gasteiger charge is -2.17. The largest absolute Gasteiger partial charge is 0.216 e. The third-order valence-electron chi connectivity index (χ3n) is 2.97. The molecular formula is C13H21NO2S. The number of rotatable bonds is 5. The SMILES string of the molecule is Cc1ccccc1CS(=O)(=O)N[C@@H](C)C(C)C. The minimum Gasteiger partial charge on any atom is -0.212 e. The highest BCUT2D eigenvalue weighted by Crippen LogP contribution is 2.12. The van der Waals surface area contributed by atoms with Crippen LogP contribution in [0, 0.1) is 12.8 Å². The van der Waals surface area contributed by atoms with Crippen LogP contribution in [0.4, 0.5) is 0 Å². The first kappa shape index (κ1) is 14.2. The lowest BCUT2D eigenvalue weighted by Crippen LogP contribution is -2.36. The Labute approximate surface area is 104 Å². The molecule has 0 aliphatic carbocycles. The Balaban J connectivity index is 2.77. The van der Waals surface area contributed by atoms with Crippen LogP contribution in [-0.2, 0) is 15.8 Å². The Morgan fingerprint density at radius 3 is 2.29 bits per heavy atom. The third-order valence-corrected chi connectivity index (χ3v) is 4.39. The van der Waals surface area contributed by atoms with Gasteiger partial charge in [0.15, 0.2) is 0 Å². The number of sulfonamides is 1. The molecule has 0 aliphatic rings. The van der Waals surface area contributed by atoms with E-state index >= 15 is 0 Å². The molecule has 3 nitrogen and oxygen atoms in total. The van der Waals surface area contributed by atoms with Crippen LogP contribution in [0.5, 0.6) is 0 Å². The maximum atomic E-state index is 12.0. The van der Waals surface area contributed by atoms with Crippen LogP contribution >= 0.6 is 0 Å². The van der Waals surface area contributed by atoms with Gasteiger partial charge >= 0.3 is 0 Å². The number of nitrogens with one attached hydrogen (secondary N) is 1. The first-order chi connectivity index (χ1) is 7.82. The molecule has 0 radical (unpaired) electrons. The normalized spacial score (nSPS) is 13.9. The zero-order valence-electron chi connectivity index (χ0n) is 10.9. The predicted molar refractivity (Wildman–Crippen MR) is 71.2 cm³/mol. The van der Waals surface area contributed by atoms with Crippen LogP contribution in [0.3, 0.4) is 0 Å². The average molecular weight is 255 g/mol. The highest BCUT2D eigenvalue weighted by Gasteiger charge is 2.17. The summed E-state index contributed by atoms with van der Waals surface area (Å²) in [6, 6.07) is 7.52. The maximum Gasteiger partial charge on any atom is 0.216 e. The van der Waals surface area contributed by atoms with Gasteiger partial charge in [0.2, 0.25) is 10.0 Å². The molecule has 0 saturated carbocycles. The topological polar surface area (TPSA) is 46.2 Å². The molecule has 1 N–H and O–H groups in total. The van der Waals surface area contributed by atoms with E-state index in [-0.39, 0.29) is 11.8 Å². The summed E-state index contributed by atoms with van der Waals surface area (Å²) in [5, 5.41) is 0. The Morgan fingerprint density at radius 1 is 1.18 bits per heavy atom. The number of aryl methyl sites for hydroxylation is 1. The molecule has 1 rings (SSSR count). The van der Waals surface area contributed by atoms with Crippen molar-refractivity contribution in [2.45, 2.75) is 39.5 Å². The fourth-order valence-corrected chi connectivity index (χ4v) is 3.09. The fourth-order valence-electron chi connectivity index (χ4n) is 1.44. The molecule has 1 atom stereocenters. The van der Waals surface area contributed by atoms with E-state index in [1.807, 2.05) is 52.0 Å². The standard InChI is InChI=1S/C13H21NO2S/c1-10(2)12(4)14-17(15,16)9-13-8-6-5-7-11(13)3/h5-8,10,12,14H,9H2,1-4H3/t12-/m0/s1. The summed E-state index contributed by atoms with van der Waals surface area (Å²) < 4.78 is 26.6. The molecular weight excluding hydrogens is 234 g/mol. The summed E-state index contributed by atoms with van der Waals surface area (Å²) in [6.45, 7) is 7.82. The number of hydrogen-bond donors (Lipinski definition) is 1. The van der Waals surface area contributed by atoms with Gasteiger partial charge in [-0.2, -0.15) is 0 Å². The van der Waals surface area contributed by atoms with E-state index in [9.17, 15) is 8.42 Å². The van der Waals surface area contributed by atoms with Crippen molar-refractivity contribution < 1.29 is 8.42 Å². The lowest BCUT2D eigenvalue weighted by atomic mass is 10.1. The molecule has 0 fully saturated rings. The van der Waals surface area contributed by atoms with Gasteiger partial charge in [0.25, 0.3) is 0 Å². The molecule has 0 saturated heterocycles. The van der Waals surface area contributed by atoms with Gasteiger partial charge in [-0.1, -0.05) is 38.1 Å². The van der Waals surface area contributed by atoms with E-state index in [1.165, 1.54) is 0 Å². The third kappa shape index (κ3) is 4.48. The van der Waals surface area contributed by atoms with Crippen LogP contribution in [0.1, 0.15) is 31.9 Å². The minimum atomic E-state index is -3.25. The van der Waals surface area contributed by atoms with Crippen molar-refractivity contribution in [3.63, 3.8) is 0 Å². The van der Waals surface area contributed by atoms with Crippen molar-refractivity contribution >= 4 is 10.0 Å². The summed E-state index contributed by atoms with van der Waals surface area (Å²) in [4.78, 5) is 0. The Kier molecular flexibility index (Phi) is 4.71. The molecule has 0 amide bonds. The number of hydrogen-bond acceptors (Lipinski definition) is 2. The summed E-state index contributed by atoms with van der Waals surface area (Å²) >= 11 is 0. The van der Waals surface area contributed by atoms with Crippen LogP contribution in [0.15, 0.2) is 24.3 Å². The molecule has 0 aliphatic heterocycles. The highest BCUT2D eigenvalue weighted by atomic mass is 32.2. The van der Waals surface area contributed by atoms with Gasteiger partial charge in [-0.05, 0) is 30.9 Å². The van der Waals surface area contributed by atoms with Gasteiger partial charge in [0.1, 0.15) is 0 Å². The van der Waals surface area contributed by atoms with E-state index in [2.05, 4.69) is 4.72 Å².